The van der Waals surface area contributed by atoms with Crippen LogP contribution in [-0.4, -0.2) is 149 Å². The monoisotopic (exact) mass is 986 g/mol. The van der Waals surface area contributed by atoms with Crippen LogP contribution in [0.5, 0.6) is 0 Å². The van der Waals surface area contributed by atoms with Crippen LogP contribution in [0.2, 0.25) is 0 Å². The number of nitrogens with one attached hydrogen (secondary N) is 8. The van der Waals surface area contributed by atoms with Crippen molar-refractivity contribution in [2.75, 3.05) is 19.6 Å². The lowest BCUT2D eigenvalue weighted by atomic mass is 9.97. The Balaban J connectivity index is 6.33. The van der Waals surface area contributed by atoms with Gasteiger partial charge in [0, 0.05) is 6.42 Å². The van der Waals surface area contributed by atoms with Crippen molar-refractivity contribution in [3.63, 3.8) is 0 Å². The first-order chi connectivity index (χ1) is 32.2. The van der Waals surface area contributed by atoms with Crippen molar-refractivity contribution in [3.05, 3.63) is 0 Å². The number of carbonyl (C=O) groups excluding carboxylic acids is 10. The number of amides is 10. The number of carboxylic acid groups (broad SMARTS) is 1. The molecule has 0 fully saturated rings. The van der Waals surface area contributed by atoms with Gasteiger partial charge in [-0.05, 0) is 82.7 Å². The highest BCUT2D eigenvalue weighted by Gasteiger charge is 2.36. The summed E-state index contributed by atoms with van der Waals surface area (Å²) in [6.07, 6.45) is -0.651. The second-order valence-corrected chi connectivity index (χ2v) is 17.7. The molecule has 0 aromatic rings. The van der Waals surface area contributed by atoms with Gasteiger partial charge < -0.3 is 81.4 Å². The highest BCUT2D eigenvalue weighted by molar-refractivity contribution is 5.98. The molecule has 0 saturated heterocycles. The normalized spacial score (nSPS) is 15.6. The SMILES string of the molecule is CCC(C)C(NC(=O)C(N)CC(N)=O)C(=O)NC(CCCCN)C(=O)NCC(=O)NC(CCCCN)C(=O)NC(CCC(N)=O)C(=O)NC(C(=O)NC(C(=O)NC(C(=O)O)C(C)C)C(C)O)C(C)C. The minimum atomic E-state index is -1.65. The smallest absolute Gasteiger partial charge is 0.326 e. The van der Waals surface area contributed by atoms with Crippen molar-refractivity contribution in [3.8, 4) is 0 Å². The summed E-state index contributed by atoms with van der Waals surface area (Å²) in [6.45, 7) is 10.6. The number of hydrogen-bond acceptors (Lipinski definition) is 15. The molecule has 0 bridgehead atoms. The standard InChI is InChI=1S/C43H79N13O13/c1-8-23(6)34(55-36(61)25(46)19-30(48)59)41(66)52-26(13-9-11-17-44)37(62)49-20-31(60)50-27(14-10-12-18-45)38(63)51-28(15-16-29(47)58)39(64)53-32(21(2)3)40(65)56-35(24(7)57)42(67)54-33(22(4)5)43(68)69/h21-28,32-35,57H,8-20,44-46H2,1-7H3,(H2,47,58)(H2,48,59)(H,49,62)(H,50,60)(H,51,63)(H,52,66)(H,53,64)(H,54,67)(H,55,61)(H,56,65)(H,68,69). The number of carbonyl (C=O) groups is 11. The predicted molar refractivity (Wildman–Crippen MR) is 251 cm³/mol. The van der Waals surface area contributed by atoms with E-state index in [0.29, 0.717) is 32.1 Å². The van der Waals surface area contributed by atoms with E-state index in [-0.39, 0.29) is 32.4 Å². The molecule has 26 heteroatoms. The largest absolute Gasteiger partial charge is 0.480 e. The molecule has 69 heavy (non-hydrogen) atoms. The van der Waals surface area contributed by atoms with E-state index >= 15 is 0 Å². The first-order valence-corrected chi connectivity index (χ1v) is 23.2. The maximum atomic E-state index is 13.8. The molecule has 0 radical (unpaired) electrons. The molecule has 26 nitrogen and oxygen atoms in total. The van der Waals surface area contributed by atoms with Crippen molar-refractivity contribution < 1.29 is 63.0 Å². The predicted octanol–water partition coefficient (Wildman–Crippen LogP) is -4.95. The minimum absolute atomic E-state index is 0.00413. The van der Waals surface area contributed by atoms with Crippen molar-refractivity contribution >= 4 is 65.0 Å². The second-order valence-electron chi connectivity index (χ2n) is 17.7. The topological polar surface area (TPSA) is 455 Å². The van der Waals surface area contributed by atoms with Gasteiger partial charge in [0.15, 0.2) is 0 Å². The molecule has 0 saturated carbocycles. The summed E-state index contributed by atoms with van der Waals surface area (Å²) in [6, 6.07) is -11.0. The first kappa shape index (κ1) is 63.0. The van der Waals surface area contributed by atoms with Crippen molar-refractivity contribution in [1.29, 1.82) is 0 Å². The van der Waals surface area contributed by atoms with Crippen LogP contribution in [-0.2, 0) is 52.7 Å². The molecule has 0 spiro atoms. The lowest BCUT2D eigenvalue weighted by Gasteiger charge is -2.29. The van der Waals surface area contributed by atoms with E-state index in [1.54, 1.807) is 41.5 Å². The average Bonchev–Trinajstić information content (AvgIpc) is 3.26. The zero-order valence-electron chi connectivity index (χ0n) is 40.9. The fraction of sp³-hybridized carbons (Fsp3) is 0.744. The van der Waals surface area contributed by atoms with Gasteiger partial charge in [0.1, 0.15) is 42.3 Å². The maximum absolute atomic E-state index is 13.8. The molecule has 0 aliphatic rings. The van der Waals surface area contributed by atoms with Gasteiger partial charge in [-0.25, -0.2) is 4.79 Å². The van der Waals surface area contributed by atoms with Crippen LogP contribution in [0.3, 0.4) is 0 Å². The lowest BCUT2D eigenvalue weighted by Crippen LogP contribution is -2.62. The van der Waals surface area contributed by atoms with Crippen LogP contribution in [0.1, 0.15) is 113 Å². The number of aliphatic hydroxyl groups excluding tert-OH is 1. The maximum Gasteiger partial charge on any atom is 0.326 e. The third-order valence-corrected chi connectivity index (χ3v) is 11.0. The molecular weight excluding hydrogens is 907 g/mol. The number of rotatable bonds is 35. The number of unbranched alkanes of at least 4 members (excludes halogenated alkanes) is 2. The number of nitrogens with two attached hydrogens (primary N) is 5. The Bertz CT molecular complexity index is 1750. The van der Waals surface area contributed by atoms with Gasteiger partial charge in [0.2, 0.25) is 59.1 Å². The van der Waals surface area contributed by atoms with E-state index in [1.807, 2.05) is 0 Å². The van der Waals surface area contributed by atoms with Crippen LogP contribution in [0.25, 0.3) is 0 Å². The summed E-state index contributed by atoms with van der Waals surface area (Å²) in [4.78, 5) is 142. The van der Waals surface area contributed by atoms with E-state index in [0.717, 1.165) is 0 Å². The van der Waals surface area contributed by atoms with Crippen molar-refractivity contribution in [1.82, 2.24) is 42.5 Å². The molecule has 0 rings (SSSR count). The molecule has 0 heterocycles. The summed E-state index contributed by atoms with van der Waals surface area (Å²) in [7, 11) is 0. The zero-order valence-corrected chi connectivity index (χ0v) is 40.9. The highest BCUT2D eigenvalue weighted by Crippen LogP contribution is 2.12. The third-order valence-electron chi connectivity index (χ3n) is 11.0. The Morgan fingerprint density at radius 2 is 0.942 bits per heavy atom. The molecule has 0 aliphatic heterocycles. The van der Waals surface area contributed by atoms with E-state index in [1.165, 1.54) is 6.92 Å². The van der Waals surface area contributed by atoms with Gasteiger partial charge in [-0.1, -0.05) is 48.0 Å². The van der Waals surface area contributed by atoms with Gasteiger partial charge in [-0.2, -0.15) is 0 Å². The molecule has 10 amide bonds. The summed E-state index contributed by atoms with van der Waals surface area (Å²) in [5.74, 6) is -11.7. The summed E-state index contributed by atoms with van der Waals surface area (Å²) in [5.41, 5.74) is 27.6. The fourth-order valence-corrected chi connectivity index (χ4v) is 6.61. The Morgan fingerprint density at radius 3 is 1.41 bits per heavy atom. The van der Waals surface area contributed by atoms with Gasteiger partial charge in [0.05, 0.1) is 25.1 Å². The second kappa shape index (κ2) is 32.7. The molecule has 10 atom stereocenters. The van der Waals surface area contributed by atoms with Gasteiger partial charge in [-0.3, -0.25) is 47.9 Å². The Hall–Kier alpha value is -5.99. The van der Waals surface area contributed by atoms with Gasteiger partial charge in [0.25, 0.3) is 0 Å². The van der Waals surface area contributed by atoms with E-state index < -0.39 is 157 Å². The number of hydrogen-bond donors (Lipinski definition) is 15. The number of aliphatic carboxylic acids is 1. The van der Waals surface area contributed by atoms with E-state index in [2.05, 4.69) is 42.5 Å². The highest BCUT2D eigenvalue weighted by atomic mass is 16.4. The molecule has 20 N–H and O–H groups in total. The van der Waals surface area contributed by atoms with Gasteiger partial charge >= 0.3 is 5.97 Å². The van der Waals surface area contributed by atoms with Crippen LogP contribution in [0.15, 0.2) is 0 Å². The summed E-state index contributed by atoms with van der Waals surface area (Å²) >= 11 is 0. The molecule has 394 valence electrons. The first-order valence-electron chi connectivity index (χ1n) is 23.2. The van der Waals surface area contributed by atoms with Crippen LogP contribution >= 0.6 is 0 Å². The quantitative estimate of drug-likeness (QED) is 0.0265. The fourth-order valence-electron chi connectivity index (χ4n) is 6.61. The molecule has 0 aromatic heterocycles. The average molecular weight is 986 g/mol. The Labute approximate surface area is 403 Å². The lowest BCUT2D eigenvalue weighted by molar-refractivity contribution is -0.144. The third kappa shape index (κ3) is 24.2. The van der Waals surface area contributed by atoms with Crippen LogP contribution in [0, 0.1) is 17.8 Å². The Kier molecular flexibility index (Phi) is 29.9. The Morgan fingerprint density at radius 1 is 0.507 bits per heavy atom. The number of aliphatic hydroxyl groups is 1. The van der Waals surface area contributed by atoms with Crippen LogP contribution in [0.4, 0.5) is 0 Å². The van der Waals surface area contributed by atoms with Crippen LogP contribution < -0.4 is 71.2 Å². The number of primary amides is 2. The summed E-state index contributed by atoms with van der Waals surface area (Å²) in [5, 5.41) is 39.6. The molecule has 0 aromatic carbocycles. The minimum Gasteiger partial charge on any atom is -0.480 e. The number of carboxylic acids is 1. The molecule has 0 aliphatic carbocycles. The van der Waals surface area contributed by atoms with E-state index in [9.17, 15) is 63.0 Å². The van der Waals surface area contributed by atoms with Gasteiger partial charge in [-0.15, -0.1) is 0 Å². The van der Waals surface area contributed by atoms with Crippen molar-refractivity contribution in [2.45, 2.75) is 167 Å². The molecule has 10 unspecified atom stereocenters. The zero-order chi connectivity index (χ0) is 53.1. The van der Waals surface area contributed by atoms with Crippen molar-refractivity contribution in [2.24, 2.45) is 46.4 Å². The summed E-state index contributed by atoms with van der Waals surface area (Å²) < 4.78 is 0. The van der Waals surface area contributed by atoms with E-state index in [4.69, 9.17) is 28.7 Å². The molecular formula is C43H79N13O13.